The van der Waals surface area contributed by atoms with Crippen molar-refractivity contribution in [2.45, 2.75) is 6.92 Å². The molecule has 0 aliphatic rings. The monoisotopic (exact) mass is 176 g/mol. The second-order valence-corrected chi connectivity index (χ2v) is 2.76. The van der Waals surface area contributed by atoms with Gasteiger partial charge in [-0.3, -0.25) is 0 Å². The van der Waals surface area contributed by atoms with Gasteiger partial charge in [0.05, 0.1) is 11.4 Å². The Labute approximate surface area is 77.4 Å². The Morgan fingerprint density at radius 2 is 1.92 bits per heavy atom. The zero-order valence-electron chi connectivity index (χ0n) is 7.46. The van der Waals surface area contributed by atoms with E-state index in [4.69, 9.17) is 16.6 Å². The van der Waals surface area contributed by atoms with Crippen LogP contribution in [0.2, 0.25) is 0 Å². The van der Waals surface area contributed by atoms with Crippen LogP contribution in [-0.2, 0) is 0 Å². The molecule has 1 aromatic carbocycles. The number of hydrogen-bond acceptors (Lipinski definition) is 3. The molecule has 0 atom stereocenters. The van der Waals surface area contributed by atoms with E-state index in [1.54, 1.807) is 12.1 Å². The summed E-state index contributed by atoms with van der Waals surface area (Å²) < 4.78 is 0. The van der Waals surface area contributed by atoms with E-state index >= 15 is 0 Å². The van der Waals surface area contributed by atoms with Gasteiger partial charge in [-0.1, -0.05) is 11.8 Å². The summed E-state index contributed by atoms with van der Waals surface area (Å²) in [5.74, 6) is 5.36. The second kappa shape index (κ2) is 3.83. The molecule has 0 spiro atoms. The summed E-state index contributed by atoms with van der Waals surface area (Å²) in [6.45, 7) is 1.75. The highest BCUT2D eigenvalue weighted by Gasteiger charge is 1.99. The van der Waals surface area contributed by atoms with Crippen LogP contribution in [0, 0.1) is 18.8 Å². The molecular formula is C10H12N2O. The van der Waals surface area contributed by atoms with Crippen LogP contribution in [0.1, 0.15) is 11.1 Å². The lowest BCUT2D eigenvalue weighted by atomic mass is 10.1. The van der Waals surface area contributed by atoms with E-state index in [0.717, 1.165) is 11.1 Å². The van der Waals surface area contributed by atoms with Gasteiger partial charge in [0, 0.05) is 5.56 Å². The number of anilines is 2. The molecule has 1 rings (SSSR count). The molecule has 0 aliphatic heterocycles. The molecule has 5 N–H and O–H groups in total. The Morgan fingerprint density at radius 1 is 1.31 bits per heavy atom. The fourth-order valence-electron chi connectivity index (χ4n) is 1.02. The van der Waals surface area contributed by atoms with Gasteiger partial charge in [-0.25, -0.2) is 0 Å². The van der Waals surface area contributed by atoms with Crippen molar-refractivity contribution in [1.82, 2.24) is 0 Å². The van der Waals surface area contributed by atoms with Crippen LogP contribution >= 0.6 is 0 Å². The third-order valence-electron chi connectivity index (χ3n) is 1.73. The van der Waals surface area contributed by atoms with Gasteiger partial charge in [0.1, 0.15) is 6.61 Å². The predicted octanol–water partition coefficient (Wildman–Crippen LogP) is 0.503. The van der Waals surface area contributed by atoms with E-state index < -0.39 is 0 Å². The highest BCUT2D eigenvalue weighted by Crippen LogP contribution is 2.19. The number of aliphatic hydroxyl groups is 1. The summed E-state index contributed by atoms with van der Waals surface area (Å²) in [7, 11) is 0. The third kappa shape index (κ3) is 2.14. The van der Waals surface area contributed by atoms with Crippen LogP contribution in [0.15, 0.2) is 12.1 Å². The molecule has 3 heteroatoms. The summed E-state index contributed by atoms with van der Waals surface area (Å²) in [4.78, 5) is 0. The van der Waals surface area contributed by atoms with E-state index in [1.165, 1.54) is 0 Å². The number of hydrogen-bond donors (Lipinski definition) is 3. The Balaban J connectivity index is 3.16. The van der Waals surface area contributed by atoms with Crippen molar-refractivity contribution in [3.63, 3.8) is 0 Å². The molecule has 0 unspecified atom stereocenters. The zero-order valence-corrected chi connectivity index (χ0v) is 7.46. The van der Waals surface area contributed by atoms with Gasteiger partial charge in [0.15, 0.2) is 0 Å². The van der Waals surface area contributed by atoms with Crippen LogP contribution in [0.3, 0.4) is 0 Å². The molecule has 0 saturated heterocycles. The van der Waals surface area contributed by atoms with Crippen molar-refractivity contribution in [2.75, 3.05) is 18.1 Å². The van der Waals surface area contributed by atoms with Crippen molar-refractivity contribution in [2.24, 2.45) is 0 Å². The molecule has 0 amide bonds. The first kappa shape index (κ1) is 9.43. The smallest absolute Gasteiger partial charge is 0.104 e. The highest BCUT2D eigenvalue weighted by molar-refractivity contribution is 5.67. The Hall–Kier alpha value is -1.66. The van der Waals surface area contributed by atoms with Gasteiger partial charge >= 0.3 is 0 Å². The minimum absolute atomic E-state index is 0.149. The number of nitrogens with two attached hydrogens (primary N) is 2. The average Bonchev–Trinajstić information content (AvgIpc) is 2.09. The first-order valence-electron chi connectivity index (χ1n) is 3.90. The molecule has 0 heterocycles. The summed E-state index contributed by atoms with van der Waals surface area (Å²) in [5, 5.41) is 8.51. The molecule has 0 bridgehead atoms. The van der Waals surface area contributed by atoms with Crippen LogP contribution in [0.4, 0.5) is 11.4 Å². The zero-order chi connectivity index (χ0) is 9.84. The lowest BCUT2D eigenvalue weighted by Crippen LogP contribution is -1.96. The molecular weight excluding hydrogens is 164 g/mol. The van der Waals surface area contributed by atoms with Crippen LogP contribution in [0.25, 0.3) is 0 Å². The number of aliphatic hydroxyl groups excluding tert-OH is 1. The summed E-state index contributed by atoms with van der Waals surface area (Å²) in [5.41, 5.74) is 14.1. The van der Waals surface area contributed by atoms with E-state index in [2.05, 4.69) is 11.8 Å². The molecule has 0 radical (unpaired) electrons. The summed E-state index contributed by atoms with van der Waals surface area (Å²) >= 11 is 0. The molecule has 0 fully saturated rings. The van der Waals surface area contributed by atoms with Crippen molar-refractivity contribution < 1.29 is 5.11 Å². The Morgan fingerprint density at radius 3 is 2.54 bits per heavy atom. The minimum Gasteiger partial charge on any atom is -0.397 e. The predicted molar refractivity (Wildman–Crippen MR) is 54.0 cm³/mol. The van der Waals surface area contributed by atoms with E-state index in [1.807, 2.05) is 6.92 Å². The van der Waals surface area contributed by atoms with Crippen molar-refractivity contribution in [3.05, 3.63) is 23.3 Å². The van der Waals surface area contributed by atoms with Gasteiger partial charge in [-0.2, -0.15) is 0 Å². The normalized spacial score (nSPS) is 9.08. The second-order valence-electron chi connectivity index (χ2n) is 2.76. The topological polar surface area (TPSA) is 72.3 Å². The van der Waals surface area contributed by atoms with E-state index in [9.17, 15) is 0 Å². The third-order valence-corrected chi connectivity index (χ3v) is 1.73. The van der Waals surface area contributed by atoms with Crippen molar-refractivity contribution in [1.29, 1.82) is 0 Å². The number of aryl methyl sites for hydroxylation is 1. The molecule has 0 aromatic heterocycles. The number of nitrogen functional groups attached to an aromatic ring is 2. The first-order valence-corrected chi connectivity index (χ1v) is 3.90. The number of rotatable bonds is 0. The lowest BCUT2D eigenvalue weighted by molar-refractivity contribution is 0.350. The van der Waals surface area contributed by atoms with E-state index in [-0.39, 0.29) is 6.61 Å². The fraction of sp³-hybridized carbons (Fsp3) is 0.200. The van der Waals surface area contributed by atoms with Crippen LogP contribution in [0.5, 0.6) is 0 Å². The largest absolute Gasteiger partial charge is 0.397 e. The summed E-state index contributed by atoms with van der Waals surface area (Å²) in [6.07, 6.45) is 0. The maximum absolute atomic E-state index is 8.51. The Bertz CT molecular complexity index is 374. The maximum Gasteiger partial charge on any atom is 0.104 e. The van der Waals surface area contributed by atoms with Crippen molar-refractivity contribution in [3.8, 4) is 11.8 Å². The van der Waals surface area contributed by atoms with Gasteiger partial charge < -0.3 is 16.6 Å². The molecule has 3 nitrogen and oxygen atoms in total. The lowest BCUT2D eigenvalue weighted by Gasteiger charge is -2.03. The van der Waals surface area contributed by atoms with Crippen molar-refractivity contribution >= 4 is 11.4 Å². The highest BCUT2D eigenvalue weighted by atomic mass is 16.2. The number of benzene rings is 1. The average molecular weight is 176 g/mol. The molecule has 68 valence electrons. The van der Waals surface area contributed by atoms with Crippen LogP contribution < -0.4 is 11.5 Å². The fourth-order valence-corrected chi connectivity index (χ4v) is 1.02. The maximum atomic E-state index is 8.51. The summed E-state index contributed by atoms with van der Waals surface area (Å²) in [6, 6.07) is 3.49. The standard InChI is InChI=1S/C10H12N2O/c1-7-5-9(11)10(12)6-8(7)3-2-4-13/h5-6,13H,4,11-12H2,1H3. The quantitative estimate of drug-likeness (QED) is 0.398. The molecule has 1 aromatic rings. The SMILES string of the molecule is Cc1cc(N)c(N)cc1C#CCO. The molecule has 13 heavy (non-hydrogen) atoms. The van der Waals surface area contributed by atoms with Gasteiger partial charge in [-0.15, -0.1) is 0 Å². The van der Waals surface area contributed by atoms with Gasteiger partial charge in [0.2, 0.25) is 0 Å². The van der Waals surface area contributed by atoms with Gasteiger partial charge in [-0.05, 0) is 24.6 Å². The van der Waals surface area contributed by atoms with E-state index in [0.29, 0.717) is 11.4 Å². The van der Waals surface area contributed by atoms with Gasteiger partial charge in [0.25, 0.3) is 0 Å². The Kier molecular flexibility index (Phi) is 2.78. The first-order chi connectivity index (χ1) is 6.15. The molecule has 0 saturated carbocycles. The molecule has 0 aliphatic carbocycles. The van der Waals surface area contributed by atoms with Crippen LogP contribution in [-0.4, -0.2) is 11.7 Å². The minimum atomic E-state index is -0.149.